The van der Waals surface area contributed by atoms with Crippen molar-refractivity contribution in [1.29, 1.82) is 0 Å². The molecule has 1 heterocycles. The molecule has 0 fully saturated rings. The van der Waals surface area contributed by atoms with Crippen LogP contribution in [0.4, 0.5) is 0 Å². The van der Waals surface area contributed by atoms with E-state index in [9.17, 15) is 0 Å². The lowest BCUT2D eigenvalue weighted by molar-refractivity contribution is 0.530. The van der Waals surface area contributed by atoms with Gasteiger partial charge in [-0.15, -0.1) is 11.8 Å². The van der Waals surface area contributed by atoms with Crippen molar-refractivity contribution in [2.75, 3.05) is 7.05 Å². The van der Waals surface area contributed by atoms with Gasteiger partial charge in [0.05, 0.1) is 12.0 Å². The quantitative estimate of drug-likeness (QED) is 0.817. The molecule has 0 aliphatic rings. The first-order valence-electron chi connectivity index (χ1n) is 5.69. The molecule has 2 rings (SSSR count). The molecule has 0 saturated carbocycles. The molecule has 0 bridgehead atoms. The summed E-state index contributed by atoms with van der Waals surface area (Å²) in [6, 6.07) is 10.5. The van der Waals surface area contributed by atoms with E-state index in [4.69, 9.17) is 4.42 Å². The van der Waals surface area contributed by atoms with Gasteiger partial charge in [0.1, 0.15) is 5.76 Å². The molecule has 1 aromatic carbocycles. The standard InChI is InChI=1S/C14H17NOS/c1-11-8-12(9-15-2)5-6-14(11)17-10-13-4-3-7-16-13/h3-8,15H,9-10H2,1-2H3. The maximum atomic E-state index is 5.33. The molecular weight excluding hydrogens is 230 g/mol. The van der Waals surface area contributed by atoms with Gasteiger partial charge in [-0.3, -0.25) is 0 Å². The highest BCUT2D eigenvalue weighted by molar-refractivity contribution is 7.98. The second-order valence-corrected chi connectivity index (χ2v) is 5.02. The van der Waals surface area contributed by atoms with Crippen molar-refractivity contribution in [3.63, 3.8) is 0 Å². The normalized spacial score (nSPS) is 10.7. The summed E-state index contributed by atoms with van der Waals surface area (Å²) in [5, 5.41) is 3.16. The Balaban J connectivity index is 2.01. The molecule has 17 heavy (non-hydrogen) atoms. The molecule has 0 unspecified atom stereocenters. The highest BCUT2D eigenvalue weighted by Crippen LogP contribution is 2.26. The van der Waals surface area contributed by atoms with E-state index in [0.717, 1.165) is 18.1 Å². The van der Waals surface area contributed by atoms with E-state index in [1.165, 1.54) is 16.0 Å². The van der Waals surface area contributed by atoms with Crippen LogP contribution >= 0.6 is 11.8 Å². The van der Waals surface area contributed by atoms with Gasteiger partial charge in [0, 0.05) is 11.4 Å². The highest BCUT2D eigenvalue weighted by atomic mass is 32.2. The lowest BCUT2D eigenvalue weighted by Gasteiger charge is -2.07. The molecule has 1 aromatic heterocycles. The zero-order valence-electron chi connectivity index (χ0n) is 10.2. The molecule has 0 saturated heterocycles. The fourth-order valence-electron chi connectivity index (χ4n) is 1.73. The zero-order chi connectivity index (χ0) is 12.1. The molecule has 0 spiro atoms. The minimum atomic E-state index is 0.888. The number of thioether (sulfide) groups is 1. The number of hydrogen-bond donors (Lipinski definition) is 1. The molecule has 2 nitrogen and oxygen atoms in total. The van der Waals surface area contributed by atoms with E-state index in [0.29, 0.717) is 0 Å². The maximum absolute atomic E-state index is 5.33. The first-order valence-corrected chi connectivity index (χ1v) is 6.67. The van der Waals surface area contributed by atoms with Crippen molar-refractivity contribution in [2.24, 2.45) is 0 Å². The van der Waals surface area contributed by atoms with Gasteiger partial charge in [0.25, 0.3) is 0 Å². The van der Waals surface area contributed by atoms with E-state index in [1.54, 1.807) is 6.26 Å². The summed E-state index contributed by atoms with van der Waals surface area (Å²) >= 11 is 1.82. The SMILES string of the molecule is CNCc1ccc(SCc2ccco2)c(C)c1. The molecule has 3 heteroatoms. The van der Waals surface area contributed by atoms with Crippen LogP contribution in [-0.2, 0) is 12.3 Å². The fourth-order valence-corrected chi connectivity index (χ4v) is 2.64. The number of rotatable bonds is 5. The molecular formula is C14H17NOS. The summed E-state index contributed by atoms with van der Waals surface area (Å²) in [4.78, 5) is 1.32. The predicted molar refractivity (Wildman–Crippen MR) is 72.2 cm³/mol. The molecule has 0 aliphatic carbocycles. The largest absolute Gasteiger partial charge is 0.468 e. The summed E-state index contributed by atoms with van der Waals surface area (Å²) < 4.78 is 5.33. The van der Waals surface area contributed by atoms with Crippen molar-refractivity contribution >= 4 is 11.8 Å². The molecule has 0 radical (unpaired) electrons. The minimum absolute atomic E-state index is 0.888. The van der Waals surface area contributed by atoms with Gasteiger partial charge in [-0.2, -0.15) is 0 Å². The lowest BCUT2D eigenvalue weighted by Crippen LogP contribution is -2.05. The Morgan fingerprint density at radius 3 is 2.82 bits per heavy atom. The Hall–Kier alpha value is -1.19. The summed E-state index contributed by atoms with van der Waals surface area (Å²) in [7, 11) is 1.97. The Labute approximate surface area is 106 Å². The maximum Gasteiger partial charge on any atom is 0.113 e. The smallest absolute Gasteiger partial charge is 0.113 e. The van der Waals surface area contributed by atoms with Gasteiger partial charge in [-0.1, -0.05) is 12.1 Å². The number of benzene rings is 1. The van der Waals surface area contributed by atoms with Gasteiger partial charge in [0.2, 0.25) is 0 Å². The summed E-state index contributed by atoms with van der Waals surface area (Å²) in [6.45, 7) is 3.08. The number of hydrogen-bond acceptors (Lipinski definition) is 3. The van der Waals surface area contributed by atoms with Crippen molar-refractivity contribution in [3.05, 3.63) is 53.5 Å². The van der Waals surface area contributed by atoms with Crippen molar-refractivity contribution in [2.45, 2.75) is 24.1 Å². The summed E-state index contributed by atoms with van der Waals surface area (Å²) in [5.74, 6) is 1.91. The summed E-state index contributed by atoms with van der Waals surface area (Å²) in [6.07, 6.45) is 1.72. The monoisotopic (exact) mass is 247 g/mol. The highest BCUT2D eigenvalue weighted by Gasteiger charge is 2.02. The van der Waals surface area contributed by atoms with Crippen LogP contribution in [0.15, 0.2) is 45.9 Å². The molecule has 1 N–H and O–H groups in total. The fraction of sp³-hybridized carbons (Fsp3) is 0.286. The average molecular weight is 247 g/mol. The Morgan fingerprint density at radius 1 is 1.29 bits per heavy atom. The number of aryl methyl sites for hydroxylation is 1. The third kappa shape index (κ3) is 3.38. The van der Waals surface area contributed by atoms with Gasteiger partial charge in [0.15, 0.2) is 0 Å². The first kappa shape index (κ1) is 12.3. The van der Waals surface area contributed by atoms with E-state index in [2.05, 4.69) is 30.4 Å². The van der Waals surface area contributed by atoms with E-state index in [-0.39, 0.29) is 0 Å². The van der Waals surface area contributed by atoms with Gasteiger partial charge >= 0.3 is 0 Å². The Bertz CT molecular complexity index is 465. The van der Waals surface area contributed by atoms with Crippen LogP contribution in [0.3, 0.4) is 0 Å². The van der Waals surface area contributed by atoms with Crippen LogP contribution in [0.25, 0.3) is 0 Å². The lowest BCUT2D eigenvalue weighted by atomic mass is 10.1. The molecule has 0 amide bonds. The molecule has 2 aromatic rings. The van der Waals surface area contributed by atoms with Crippen LogP contribution in [0.1, 0.15) is 16.9 Å². The van der Waals surface area contributed by atoms with Crippen molar-refractivity contribution < 1.29 is 4.42 Å². The second-order valence-electron chi connectivity index (χ2n) is 4.00. The van der Waals surface area contributed by atoms with E-state index < -0.39 is 0 Å². The van der Waals surface area contributed by atoms with Crippen LogP contribution in [0, 0.1) is 6.92 Å². The van der Waals surface area contributed by atoms with Gasteiger partial charge in [-0.05, 0) is 43.3 Å². The van der Waals surface area contributed by atoms with E-state index in [1.807, 2.05) is 30.9 Å². The predicted octanol–water partition coefficient (Wildman–Crippen LogP) is 3.60. The third-order valence-corrected chi connectivity index (χ3v) is 3.77. The van der Waals surface area contributed by atoms with E-state index >= 15 is 0 Å². The average Bonchev–Trinajstić information content (AvgIpc) is 2.81. The number of nitrogens with one attached hydrogen (secondary N) is 1. The zero-order valence-corrected chi connectivity index (χ0v) is 11.0. The minimum Gasteiger partial charge on any atom is -0.468 e. The van der Waals surface area contributed by atoms with Crippen molar-refractivity contribution in [3.8, 4) is 0 Å². The Kier molecular flexibility index (Phi) is 4.29. The van der Waals surface area contributed by atoms with Crippen LogP contribution in [-0.4, -0.2) is 7.05 Å². The second kappa shape index (κ2) is 5.94. The number of furan rings is 1. The third-order valence-electron chi connectivity index (χ3n) is 2.57. The topological polar surface area (TPSA) is 25.2 Å². The van der Waals surface area contributed by atoms with Crippen molar-refractivity contribution in [1.82, 2.24) is 5.32 Å². The summed E-state index contributed by atoms with van der Waals surface area (Å²) in [5.41, 5.74) is 2.65. The molecule has 90 valence electrons. The van der Waals surface area contributed by atoms with Crippen LogP contribution < -0.4 is 5.32 Å². The van der Waals surface area contributed by atoms with Gasteiger partial charge < -0.3 is 9.73 Å². The molecule has 0 atom stereocenters. The molecule has 0 aliphatic heterocycles. The Morgan fingerprint density at radius 2 is 2.18 bits per heavy atom. The van der Waals surface area contributed by atoms with Gasteiger partial charge in [-0.25, -0.2) is 0 Å². The van der Waals surface area contributed by atoms with Crippen LogP contribution in [0.5, 0.6) is 0 Å². The first-order chi connectivity index (χ1) is 8.29. The van der Waals surface area contributed by atoms with Crippen LogP contribution in [0.2, 0.25) is 0 Å².